The van der Waals surface area contributed by atoms with Crippen molar-refractivity contribution in [3.05, 3.63) is 40.0 Å². The van der Waals surface area contributed by atoms with Gasteiger partial charge in [0.1, 0.15) is 11.6 Å². The number of halogens is 1. The van der Waals surface area contributed by atoms with E-state index in [0.717, 1.165) is 10.0 Å². The first kappa shape index (κ1) is 15.4. The minimum absolute atomic E-state index is 0.115. The maximum absolute atomic E-state index is 12.3. The number of anilines is 2. The second-order valence-corrected chi connectivity index (χ2v) is 5.88. The van der Waals surface area contributed by atoms with Crippen LogP contribution < -0.4 is 11.1 Å². The van der Waals surface area contributed by atoms with E-state index in [9.17, 15) is 4.79 Å². The van der Waals surface area contributed by atoms with Crippen LogP contribution >= 0.6 is 15.9 Å². The summed E-state index contributed by atoms with van der Waals surface area (Å²) in [6.45, 7) is 5.76. The average molecular weight is 350 g/mol. The van der Waals surface area contributed by atoms with Crippen LogP contribution in [0.25, 0.3) is 0 Å². The van der Waals surface area contributed by atoms with Gasteiger partial charge in [-0.2, -0.15) is 0 Å². The van der Waals surface area contributed by atoms with E-state index < -0.39 is 5.91 Å². The van der Waals surface area contributed by atoms with Gasteiger partial charge in [-0.15, -0.1) is 0 Å². The van der Waals surface area contributed by atoms with Crippen molar-refractivity contribution in [1.82, 2.24) is 15.0 Å². The third-order valence-electron chi connectivity index (χ3n) is 2.84. The number of nitrogens with one attached hydrogen (secondary N) is 1. The Hall–Kier alpha value is -2.02. The summed E-state index contributed by atoms with van der Waals surface area (Å²) < 4.78 is 0.849. The molecule has 0 aromatic carbocycles. The maximum Gasteiger partial charge on any atom is 0.277 e. The number of nitrogen functional groups attached to an aromatic ring is 1. The Kier molecular flexibility index (Phi) is 4.52. The van der Waals surface area contributed by atoms with Crippen molar-refractivity contribution < 1.29 is 4.79 Å². The SMILES string of the molecule is Cc1cc(Br)cnc1NC(=O)c1nc(C(C)C)ncc1N. The molecule has 2 aromatic rings. The van der Waals surface area contributed by atoms with Gasteiger partial charge in [0.05, 0.1) is 11.9 Å². The number of amides is 1. The number of rotatable bonds is 3. The van der Waals surface area contributed by atoms with Crippen molar-refractivity contribution in [2.75, 3.05) is 11.1 Å². The van der Waals surface area contributed by atoms with Gasteiger partial charge in [-0.3, -0.25) is 4.79 Å². The number of carbonyl (C=O) groups excluding carboxylic acids is 1. The third kappa shape index (κ3) is 3.55. The number of aryl methyl sites for hydroxylation is 1. The number of hydrogen-bond acceptors (Lipinski definition) is 5. The summed E-state index contributed by atoms with van der Waals surface area (Å²) in [6, 6.07) is 1.87. The second kappa shape index (κ2) is 6.17. The number of aromatic nitrogens is 3. The topological polar surface area (TPSA) is 93.8 Å². The standard InChI is InChI=1S/C14H16BrN5O/c1-7(2)12-18-6-10(16)11(19-12)14(21)20-13-8(3)4-9(15)5-17-13/h4-7H,16H2,1-3H3,(H,17,20,21). The van der Waals surface area contributed by atoms with Crippen LogP contribution in [0.15, 0.2) is 22.9 Å². The summed E-state index contributed by atoms with van der Waals surface area (Å²) in [7, 11) is 0. The van der Waals surface area contributed by atoms with Gasteiger partial charge >= 0.3 is 0 Å². The van der Waals surface area contributed by atoms with Gasteiger partial charge in [0.25, 0.3) is 5.91 Å². The molecule has 110 valence electrons. The average Bonchev–Trinajstić information content (AvgIpc) is 2.42. The minimum atomic E-state index is -0.394. The molecule has 6 nitrogen and oxygen atoms in total. The number of hydrogen-bond donors (Lipinski definition) is 2. The van der Waals surface area contributed by atoms with E-state index in [4.69, 9.17) is 5.73 Å². The zero-order valence-corrected chi connectivity index (χ0v) is 13.6. The zero-order chi connectivity index (χ0) is 15.6. The summed E-state index contributed by atoms with van der Waals surface area (Å²) in [5.41, 5.74) is 7.04. The molecule has 0 saturated heterocycles. The first-order valence-electron chi connectivity index (χ1n) is 6.44. The predicted molar refractivity (Wildman–Crippen MR) is 85.2 cm³/mol. The Morgan fingerprint density at radius 1 is 1.33 bits per heavy atom. The molecule has 0 unspecified atom stereocenters. The van der Waals surface area contributed by atoms with Crippen LogP contribution in [0.1, 0.15) is 41.6 Å². The molecule has 21 heavy (non-hydrogen) atoms. The van der Waals surface area contributed by atoms with E-state index in [1.807, 2.05) is 26.8 Å². The fourth-order valence-corrected chi connectivity index (χ4v) is 2.15. The van der Waals surface area contributed by atoms with E-state index in [0.29, 0.717) is 11.6 Å². The highest BCUT2D eigenvalue weighted by Gasteiger charge is 2.16. The summed E-state index contributed by atoms with van der Waals surface area (Å²) in [5.74, 6) is 0.779. The van der Waals surface area contributed by atoms with Crippen LogP contribution in [-0.4, -0.2) is 20.9 Å². The van der Waals surface area contributed by atoms with Gasteiger partial charge < -0.3 is 11.1 Å². The highest BCUT2D eigenvalue weighted by molar-refractivity contribution is 9.10. The first-order chi connectivity index (χ1) is 9.88. The molecule has 1 amide bonds. The van der Waals surface area contributed by atoms with Gasteiger partial charge in [-0.25, -0.2) is 15.0 Å². The molecule has 2 aromatic heterocycles. The van der Waals surface area contributed by atoms with Gasteiger partial charge in [-0.05, 0) is 34.5 Å². The monoisotopic (exact) mass is 349 g/mol. The lowest BCUT2D eigenvalue weighted by Gasteiger charge is -2.10. The first-order valence-corrected chi connectivity index (χ1v) is 7.23. The van der Waals surface area contributed by atoms with E-state index in [1.54, 1.807) is 6.20 Å². The Morgan fingerprint density at radius 2 is 2.05 bits per heavy atom. The number of nitrogens with zero attached hydrogens (tertiary/aromatic N) is 3. The molecule has 7 heteroatoms. The lowest BCUT2D eigenvalue weighted by Crippen LogP contribution is -2.19. The van der Waals surface area contributed by atoms with Crippen LogP contribution in [0.4, 0.5) is 11.5 Å². The summed E-state index contributed by atoms with van der Waals surface area (Å²) >= 11 is 3.33. The molecule has 0 saturated carbocycles. The molecule has 0 aliphatic rings. The van der Waals surface area contributed by atoms with E-state index >= 15 is 0 Å². The van der Waals surface area contributed by atoms with Crippen LogP contribution in [0.3, 0.4) is 0 Å². The van der Waals surface area contributed by atoms with Crippen molar-refractivity contribution in [3.63, 3.8) is 0 Å². The Bertz CT molecular complexity index is 687. The molecule has 2 heterocycles. The largest absolute Gasteiger partial charge is 0.396 e. The van der Waals surface area contributed by atoms with Crippen LogP contribution in [0, 0.1) is 6.92 Å². The molecule has 0 bridgehead atoms. The molecular formula is C14H16BrN5O. The van der Waals surface area contributed by atoms with Crippen LogP contribution in [0.2, 0.25) is 0 Å². The third-order valence-corrected chi connectivity index (χ3v) is 3.28. The van der Waals surface area contributed by atoms with E-state index in [1.165, 1.54) is 6.20 Å². The molecule has 0 aliphatic heterocycles. The van der Waals surface area contributed by atoms with Crippen molar-refractivity contribution in [1.29, 1.82) is 0 Å². The lowest BCUT2D eigenvalue weighted by molar-refractivity contribution is 0.102. The minimum Gasteiger partial charge on any atom is -0.396 e. The van der Waals surface area contributed by atoms with Crippen LogP contribution in [-0.2, 0) is 0 Å². The van der Waals surface area contributed by atoms with E-state index in [-0.39, 0.29) is 17.3 Å². The zero-order valence-electron chi connectivity index (χ0n) is 12.0. The van der Waals surface area contributed by atoms with Crippen molar-refractivity contribution in [2.45, 2.75) is 26.7 Å². The van der Waals surface area contributed by atoms with E-state index in [2.05, 4.69) is 36.2 Å². The molecule has 0 spiro atoms. The quantitative estimate of drug-likeness (QED) is 0.888. The second-order valence-electron chi connectivity index (χ2n) is 4.96. The summed E-state index contributed by atoms with van der Waals surface area (Å²) in [6.07, 6.45) is 3.07. The molecule has 0 fully saturated rings. The van der Waals surface area contributed by atoms with Gasteiger partial charge in [0.15, 0.2) is 5.69 Å². The normalized spacial score (nSPS) is 10.7. The highest BCUT2D eigenvalue weighted by atomic mass is 79.9. The number of carbonyl (C=O) groups is 1. The molecular weight excluding hydrogens is 334 g/mol. The van der Waals surface area contributed by atoms with Gasteiger partial charge in [-0.1, -0.05) is 13.8 Å². The van der Waals surface area contributed by atoms with Crippen molar-refractivity contribution in [3.8, 4) is 0 Å². The van der Waals surface area contributed by atoms with Crippen LogP contribution in [0.5, 0.6) is 0 Å². The Balaban J connectivity index is 2.30. The fourth-order valence-electron chi connectivity index (χ4n) is 1.70. The van der Waals surface area contributed by atoms with Crippen molar-refractivity contribution >= 4 is 33.3 Å². The van der Waals surface area contributed by atoms with Gasteiger partial charge in [0, 0.05) is 16.6 Å². The van der Waals surface area contributed by atoms with Crippen molar-refractivity contribution in [2.24, 2.45) is 0 Å². The Labute approximate surface area is 131 Å². The lowest BCUT2D eigenvalue weighted by atomic mass is 10.2. The molecule has 0 aliphatic carbocycles. The summed E-state index contributed by atoms with van der Waals surface area (Å²) in [4.78, 5) is 24.8. The predicted octanol–water partition coefficient (Wildman–Crippen LogP) is 2.90. The molecule has 3 N–H and O–H groups in total. The Morgan fingerprint density at radius 3 is 2.67 bits per heavy atom. The molecule has 0 radical (unpaired) electrons. The molecule has 0 atom stereocenters. The molecule has 2 rings (SSSR count). The fraction of sp³-hybridized carbons (Fsp3) is 0.286. The number of nitrogens with two attached hydrogens (primary N) is 1. The number of pyridine rings is 1. The summed E-state index contributed by atoms with van der Waals surface area (Å²) in [5, 5.41) is 2.72. The van der Waals surface area contributed by atoms with Gasteiger partial charge in [0.2, 0.25) is 0 Å². The smallest absolute Gasteiger partial charge is 0.277 e. The maximum atomic E-state index is 12.3. The highest BCUT2D eigenvalue weighted by Crippen LogP contribution is 2.19.